The Bertz CT molecular complexity index is 420. The Morgan fingerprint density at radius 1 is 1.30 bits per heavy atom. The number of ether oxygens (including phenoxy) is 4. The number of nitrogens with one attached hydrogen (secondary N) is 1. The lowest BCUT2D eigenvalue weighted by atomic mass is 10.1. The van der Waals surface area contributed by atoms with Gasteiger partial charge in [0.1, 0.15) is 25.8 Å². The fraction of sp³-hybridized carbons (Fsp3) is 0.500. The van der Waals surface area contributed by atoms with Crippen LogP contribution in [0.3, 0.4) is 0 Å². The molecule has 0 unspecified atom stereocenters. The summed E-state index contributed by atoms with van der Waals surface area (Å²) in [6.07, 6.45) is 0.411. The zero-order valence-corrected chi connectivity index (χ0v) is 11.5. The van der Waals surface area contributed by atoms with Gasteiger partial charge in [-0.15, -0.1) is 0 Å². The molecule has 0 spiro atoms. The van der Waals surface area contributed by atoms with Gasteiger partial charge in [0.2, 0.25) is 0 Å². The van der Waals surface area contributed by atoms with Crippen LogP contribution in [0, 0.1) is 0 Å². The maximum Gasteiger partial charge on any atom is 0.407 e. The standard InChI is InChI=1S/C14H19NO5/c1-17-10-18-6-7-19-13-4-2-11(3-5-13)8-12-9-20-14(16)15-12/h2-5,12H,6-10H2,1H3,(H,15,16)/t12-/m0/s1. The van der Waals surface area contributed by atoms with Crippen molar-refractivity contribution in [3.8, 4) is 5.75 Å². The molecule has 1 aromatic rings. The van der Waals surface area contributed by atoms with Crippen LogP contribution in [0.1, 0.15) is 5.56 Å². The fourth-order valence-electron chi connectivity index (χ4n) is 1.90. The van der Waals surface area contributed by atoms with Crippen molar-refractivity contribution in [1.82, 2.24) is 5.32 Å². The maximum atomic E-state index is 10.9. The van der Waals surface area contributed by atoms with Crippen LogP contribution in [0.2, 0.25) is 0 Å². The topological polar surface area (TPSA) is 66.0 Å². The predicted molar refractivity (Wildman–Crippen MR) is 71.7 cm³/mol. The Hall–Kier alpha value is -1.79. The summed E-state index contributed by atoms with van der Waals surface area (Å²) >= 11 is 0. The molecule has 6 heteroatoms. The molecule has 0 aromatic heterocycles. The number of benzene rings is 1. The maximum absolute atomic E-state index is 10.9. The van der Waals surface area contributed by atoms with E-state index in [0.29, 0.717) is 19.8 Å². The van der Waals surface area contributed by atoms with Gasteiger partial charge in [-0.3, -0.25) is 0 Å². The molecule has 0 bridgehead atoms. The molecule has 6 nitrogen and oxygen atoms in total. The lowest BCUT2D eigenvalue weighted by Crippen LogP contribution is -2.28. The van der Waals surface area contributed by atoms with E-state index >= 15 is 0 Å². The molecular formula is C14H19NO5. The Labute approximate surface area is 118 Å². The molecular weight excluding hydrogens is 262 g/mol. The third-order valence-electron chi connectivity index (χ3n) is 2.84. The summed E-state index contributed by atoms with van der Waals surface area (Å²) in [5.74, 6) is 0.793. The van der Waals surface area contributed by atoms with Crippen molar-refractivity contribution in [3.63, 3.8) is 0 Å². The second kappa shape index (κ2) is 7.72. The summed E-state index contributed by atoms with van der Waals surface area (Å²) in [4.78, 5) is 10.9. The van der Waals surface area contributed by atoms with E-state index < -0.39 is 0 Å². The quantitative estimate of drug-likeness (QED) is 0.575. The smallest absolute Gasteiger partial charge is 0.407 e. The van der Waals surface area contributed by atoms with Gasteiger partial charge in [0.15, 0.2) is 0 Å². The number of carbonyl (C=O) groups excluding carboxylic acids is 1. The number of methoxy groups -OCH3 is 1. The molecule has 110 valence electrons. The molecule has 1 aliphatic rings. The lowest BCUT2D eigenvalue weighted by Gasteiger charge is -2.09. The van der Waals surface area contributed by atoms with Gasteiger partial charge >= 0.3 is 6.09 Å². The van der Waals surface area contributed by atoms with Crippen LogP contribution < -0.4 is 10.1 Å². The van der Waals surface area contributed by atoms with E-state index in [1.54, 1.807) is 7.11 Å². The van der Waals surface area contributed by atoms with Crippen LogP contribution in [-0.2, 0) is 20.6 Å². The van der Waals surface area contributed by atoms with Crippen molar-refractivity contribution >= 4 is 6.09 Å². The third-order valence-corrected chi connectivity index (χ3v) is 2.84. The summed E-state index contributed by atoms with van der Waals surface area (Å²) in [5, 5.41) is 2.75. The van der Waals surface area contributed by atoms with E-state index in [-0.39, 0.29) is 18.9 Å². The molecule has 1 aliphatic heterocycles. The summed E-state index contributed by atoms with van der Waals surface area (Å²) in [5.41, 5.74) is 1.13. The monoisotopic (exact) mass is 281 g/mol. The number of carbonyl (C=O) groups is 1. The molecule has 0 aliphatic carbocycles. The van der Waals surface area contributed by atoms with Crippen molar-refractivity contribution in [2.45, 2.75) is 12.5 Å². The van der Waals surface area contributed by atoms with Crippen molar-refractivity contribution in [3.05, 3.63) is 29.8 Å². The van der Waals surface area contributed by atoms with Crippen LogP contribution in [-0.4, -0.2) is 45.9 Å². The number of amides is 1. The summed E-state index contributed by atoms with van der Waals surface area (Å²) in [6.45, 7) is 1.67. The first-order valence-corrected chi connectivity index (χ1v) is 6.49. The van der Waals surface area contributed by atoms with Crippen LogP contribution in [0.4, 0.5) is 4.79 Å². The first-order valence-electron chi connectivity index (χ1n) is 6.49. The molecule has 1 atom stereocenters. The van der Waals surface area contributed by atoms with E-state index in [9.17, 15) is 4.79 Å². The lowest BCUT2D eigenvalue weighted by molar-refractivity contribution is -0.0387. The van der Waals surface area contributed by atoms with Crippen molar-refractivity contribution in [1.29, 1.82) is 0 Å². The van der Waals surface area contributed by atoms with Gasteiger partial charge < -0.3 is 24.3 Å². The summed E-state index contributed by atoms with van der Waals surface area (Å²) in [7, 11) is 1.58. The van der Waals surface area contributed by atoms with Crippen molar-refractivity contribution < 1.29 is 23.7 Å². The zero-order valence-electron chi connectivity index (χ0n) is 11.5. The predicted octanol–water partition coefficient (Wildman–Crippen LogP) is 1.34. The Kier molecular flexibility index (Phi) is 5.64. The third kappa shape index (κ3) is 4.71. The second-order valence-electron chi connectivity index (χ2n) is 4.45. The SMILES string of the molecule is COCOCCOc1ccc(C[C@H]2COC(=O)N2)cc1. The van der Waals surface area contributed by atoms with Crippen LogP contribution in [0.5, 0.6) is 5.75 Å². The highest BCUT2D eigenvalue weighted by molar-refractivity contribution is 5.69. The minimum Gasteiger partial charge on any atom is -0.491 e. The van der Waals surface area contributed by atoms with E-state index in [1.807, 2.05) is 24.3 Å². The minimum atomic E-state index is -0.342. The highest BCUT2D eigenvalue weighted by Crippen LogP contribution is 2.14. The van der Waals surface area contributed by atoms with Gasteiger partial charge in [-0.1, -0.05) is 12.1 Å². The number of hydrogen-bond acceptors (Lipinski definition) is 5. The number of rotatable bonds is 8. The minimum absolute atomic E-state index is 0.0525. The van der Waals surface area contributed by atoms with Crippen LogP contribution in [0.25, 0.3) is 0 Å². The van der Waals surface area contributed by atoms with Crippen molar-refractivity contribution in [2.24, 2.45) is 0 Å². The molecule has 20 heavy (non-hydrogen) atoms. The van der Waals surface area contributed by atoms with Gasteiger partial charge in [-0.05, 0) is 24.1 Å². The van der Waals surface area contributed by atoms with Gasteiger partial charge in [-0.25, -0.2) is 4.79 Å². The van der Waals surface area contributed by atoms with Gasteiger partial charge in [0.25, 0.3) is 0 Å². The highest BCUT2D eigenvalue weighted by atomic mass is 16.7. The van der Waals surface area contributed by atoms with Crippen LogP contribution >= 0.6 is 0 Å². The Morgan fingerprint density at radius 2 is 2.10 bits per heavy atom. The number of alkyl carbamates (subject to hydrolysis) is 1. The highest BCUT2D eigenvalue weighted by Gasteiger charge is 2.21. The molecule has 1 fully saturated rings. The molecule has 0 saturated carbocycles. The van der Waals surface area contributed by atoms with E-state index in [4.69, 9.17) is 18.9 Å². The molecule has 2 rings (SSSR count). The summed E-state index contributed by atoms with van der Waals surface area (Å²) in [6, 6.07) is 7.83. The Morgan fingerprint density at radius 3 is 2.75 bits per heavy atom. The average molecular weight is 281 g/mol. The van der Waals surface area contributed by atoms with E-state index in [1.165, 1.54) is 0 Å². The Balaban J connectivity index is 1.71. The molecule has 0 radical (unpaired) electrons. The molecule has 1 aromatic carbocycles. The number of cyclic esters (lactones) is 1. The largest absolute Gasteiger partial charge is 0.491 e. The van der Waals surface area contributed by atoms with Crippen molar-refractivity contribution in [2.75, 3.05) is 33.7 Å². The van der Waals surface area contributed by atoms with E-state index in [2.05, 4.69) is 5.32 Å². The van der Waals surface area contributed by atoms with Gasteiger partial charge in [0.05, 0.1) is 12.6 Å². The van der Waals surface area contributed by atoms with Gasteiger partial charge in [-0.2, -0.15) is 0 Å². The van der Waals surface area contributed by atoms with Crippen LogP contribution in [0.15, 0.2) is 24.3 Å². The first kappa shape index (κ1) is 14.6. The molecule has 1 N–H and O–H groups in total. The second-order valence-corrected chi connectivity index (χ2v) is 4.45. The molecule has 1 heterocycles. The number of hydrogen-bond donors (Lipinski definition) is 1. The zero-order chi connectivity index (χ0) is 14.2. The fourth-order valence-corrected chi connectivity index (χ4v) is 1.90. The van der Waals surface area contributed by atoms with Gasteiger partial charge in [0, 0.05) is 7.11 Å². The van der Waals surface area contributed by atoms with E-state index in [0.717, 1.165) is 17.7 Å². The molecule has 1 saturated heterocycles. The first-order chi connectivity index (χ1) is 9.78. The normalized spacial score (nSPS) is 17.6. The summed E-state index contributed by atoms with van der Waals surface area (Å²) < 4.78 is 20.3. The molecule has 1 amide bonds. The average Bonchev–Trinajstić information content (AvgIpc) is 2.86.